The van der Waals surface area contributed by atoms with Crippen molar-refractivity contribution in [3.63, 3.8) is 0 Å². The van der Waals surface area contributed by atoms with Gasteiger partial charge in [-0.2, -0.15) is 0 Å². The Kier molecular flexibility index (Phi) is 8.07. The number of nitrogens with one attached hydrogen (secondary N) is 1. The Hall–Kier alpha value is -0.0800. The van der Waals surface area contributed by atoms with E-state index in [0.717, 1.165) is 25.8 Å². The van der Waals surface area contributed by atoms with Crippen LogP contribution in [0.4, 0.5) is 0 Å². The average molecular weight is 215 g/mol. The molecule has 0 saturated carbocycles. The summed E-state index contributed by atoms with van der Waals surface area (Å²) < 4.78 is 0. The highest BCUT2D eigenvalue weighted by molar-refractivity contribution is 4.74. The first-order chi connectivity index (χ1) is 7.06. The maximum atomic E-state index is 9.97. The van der Waals surface area contributed by atoms with Gasteiger partial charge in [-0.25, -0.2) is 0 Å². The Morgan fingerprint density at radius 2 is 1.53 bits per heavy atom. The molecule has 92 valence electrons. The lowest BCUT2D eigenvalue weighted by molar-refractivity contribution is 0.0959. The summed E-state index contributed by atoms with van der Waals surface area (Å²) in [7, 11) is 0. The summed E-state index contributed by atoms with van der Waals surface area (Å²) in [5.41, 5.74) is 0. The molecule has 0 aromatic rings. The molecule has 2 atom stereocenters. The molecule has 0 fully saturated rings. The van der Waals surface area contributed by atoms with Crippen molar-refractivity contribution in [3.05, 3.63) is 0 Å². The molecule has 0 aliphatic heterocycles. The van der Waals surface area contributed by atoms with E-state index in [1.165, 1.54) is 0 Å². The first kappa shape index (κ1) is 14.9. The van der Waals surface area contributed by atoms with E-state index in [-0.39, 0.29) is 6.10 Å². The third kappa shape index (κ3) is 5.53. The fourth-order valence-electron chi connectivity index (χ4n) is 2.12. The maximum absolute atomic E-state index is 9.97. The molecule has 0 aromatic heterocycles. The van der Waals surface area contributed by atoms with E-state index in [0.29, 0.717) is 17.9 Å². The lowest BCUT2D eigenvalue weighted by Crippen LogP contribution is -2.40. The molecule has 2 unspecified atom stereocenters. The predicted octanol–water partition coefficient (Wildman–Crippen LogP) is 2.81. The quantitative estimate of drug-likeness (QED) is 0.652. The summed E-state index contributed by atoms with van der Waals surface area (Å²) in [6, 6.07) is 0.536. The fourth-order valence-corrected chi connectivity index (χ4v) is 2.12. The van der Waals surface area contributed by atoms with E-state index >= 15 is 0 Å². The van der Waals surface area contributed by atoms with Crippen molar-refractivity contribution in [1.82, 2.24) is 5.32 Å². The van der Waals surface area contributed by atoms with Crippen molar-refractivity contribution < 1.29 is 5.11 Å². The van der Waals surface area contributed by atoms with Gasteiger partial charge in [0.05, 0.1) is 6.10 Å². The molecule has 0 amide bonds. The topological polar surface area (TPSA) is 32.3 Å². The van der Waals surface area contributed by atoms with Gasteiger partial charge in [0.2, 0.25) is 0 Å². The molecule has 0 aliphatic carbocycles. The molecule has 0 aromatic carbocycles. The first-order valence-corrected chi connectivity index (χ1v) is 6.48. The largest absolute Gasteiger partial charge is 0.392 e. The minimum atomic E-state index is -0.187. The van der Waals surface area contributed by atoms with Crippen LogP contribution in [0, 0.1) is 11.8 Å². The highest BCUT2D eigenvalue weighted by atomic mass is 16.3. The lowest BCUT2D eigenvalue weighted by atomic mass is 9.95. The van der Waals surface area contributed by atoms with Crippen LogP contribution in [-0.2, 0) is 0 Å². The molecule has 0 spiro atoms. The summed E-state index contributed by atoms with van der Waals surface area (Å²) in [5, 5.41) is 13.4. The van der Waals surface area contributed by atoms with Gasteiger partial charge in [0.15, 0.2) is 0 Å². The summed E-state index contributed by atoms with van der Waals surface area (Å²) in [6.45, 7) is 11.7. The molecular formula is C13H29NO. The van der Waals surface area contributed by atoms with Crippen molar-refractivity contribution in [3.8, 4) is 0 Å². The average Bonchev–Trinajstić information content (AvgIpc) is 2.20. The second kappa shape index (κ2) is 8.12. The van der Waals surface area contributed by atoms with Crippen molar-refractivity contribution in [2.45, 2.75) is 66.0 Å². The van der Waals surface area contributed by atoms with Crippen molar-refractivity contribution in [2.75, 3.05) is 6.54 Å². The molecule has 0 saturated heterocycles. The second-order valence-corrected chi connectivity index (χ2v) is 4.81. The van der Waals surface area contributed by atoms with Crippen molar-refractivity contribution >= 4 is 0 Å². The Morgan fingerprint density at radius 1 is 1.00 bits per heavy atom. The van der Waals surface area contributed by atoms with Crippen LogP contribution < -0.4 is 5.32 Å². The Bertz CT molecular complexity index is 143. The van der Waals surface area contributed by atoms with E-state index in [4.69, 9.17) is 0 Å². The third-order valence-electron chi connectivity index (χ3n) is 3.43. The molecule has 15 heavy (non-hydrogen) atoms. The van der Waals surface area contributed by atoms with Crippen LogP contribution in [0.3, 0.4) is 0 Å². The molecule has 0 rings (SSSR count). The fraction of sp³-hybridized carbons (Fsp3) is 1.00. The standard InChI is InChI=1S/C13H29NO/c1-6-11(7-2)13(15)9-14-12(8-3)10(4)5/h10-15H,6-9H2,1-5H3. The van der Waals surface area contributed by atoms with Crippen LogP contribution >= 0.6 is 0 Å². The van der Waals surface area contributed by atoms with E-state index in [9.17, 15) is 5.11 Å². The Morgan fingerprint density at radius 3 is 1.87 bits per heavy atom. The van der Waals surface area contributed by atoms with Gasteiger partial charge in [0.25, 0.3) is 0 Å². The summed E-state index contributed by atoms with van der Waals surface area (Å²) in [6.07, 6.45) is 3.08. The maximum Gasteiger partial charge on any atom is 0.0692 e. The summed E-state index contributed by atoms with van der Waals surface area (Å²) >= 11 is 0. The summed E-state index contributed by atoms with van der Waals surface area (Å²) in [4.78, 5) is 0. The van der Waals surface area contributed by atoms with E-state index < -0.39 is 0 Å². The van der Waals surface area contributed by atoms with Gasteiger partial charge in [-0.3, -0.25) is 0 Å². The molecule has 0 radical (unpaired) electrons. The van der Waals surface area contributed by atoms with Crippen LogP contribution in [0.15, 0.2) is 0 Å². The first-order valence-electron chi connectivity index (χ1n) is 6.48. The number of hydrogen-bond donors (Lipinski definition) is 2. The molecule has 0 bridgehead atoms. The van der Waals surface area contributed by atoms with Crippen LogP contribution in [0.25, 0.3) is 0 Å². The van der Waals surface area contributed by atoms with Crippen LogP contribution in [0.1, 0.15) is 53.9 Å². The predicted molar refractivity (Wildman–Crippen MR) is 67.0 cm³/mol. The minimum absolute atomic E-state index is 0.187. The Balaban J connectivity index is 3.91. The number of hydrogen-bond acceptors (Lipinski definition) is 2. The van der Waals surface area contributed by atoms with Gasteiger partial charge < -0.3 is 10.4 Å². The van der Waals surface area contributed by atoms with Gasteiger partial charge in [-0.1, -0.05) is 47.5 Å². The van der Waals surface area contributed by atoms with Gasteiger partial charge in [0, 0.05) is 12.6 Å². The van der Waals surface area contributed by atoms with Crippen molar-refractivity contribution in [2.24, 2.45) is 11.8 Å². The highest BCUT2D eigenvalue weighted by Crippen LogP contribution is 2.13. The molecule has 0 aliphatic rings. The van der Waals surface area contributed by atoms with Gasteiger partial charge >= 0.3 is 0 Å². The second-order valence-electron chi connectivity index (χ2n) is 4.81. The number of aliphatic hydroxyl groups excluding tert-OH is 1. The zero-order valence-corrected chi connectivity index (χ0v) is 11.1. The molecule has 2 heteroatoms. The van der Waals surface area contributed by atoms with Crippen LogP contribution in [-0.4, -0.2) is 23.8 Å². The summed E-state index contributed by atoms with van der Waals surface area (Å²) in [5.74, 6) is 1.09. The Labute approximate surface area is 95.5 Å². The zero-order valence-electron chi connectivity index (χ0n) is 11.1. The van der Waals surface area contributed by atoms with Crippen LogP contribution in [0.5, 0.6) is 0 Å². The van der Waals surface area contributed by atoms with Gasteiger partial charge in [0.1, 0.15) is 0 Å². The lowest BCUT2D eigenvalue weighted by Gasteiger charge is -2.26. The smallest absolute Gasteiger partial charge is 0.0692 e. The molecule has 2 N–H and O–H groups in total. The molecule has 2 nitrogen and oxygen atoms in total. The highest BCUT2D eigenvalue weighted by Gasteiger charge is 2.17. The number of aliphatic hydroxyl groups is 1. The minimum Gasteiger partial charge on any atom is -0.392 e. The van der Waals surface area contributed by atoms with E-state index in [1.54, 1.807) is 0 Å². The normalized spacial score (nSPS) is 16.0. The van der Waals surface area contributed by atoms with E-state index in [1.807, 2.05) is 0 Å². The van der Waals surface area contributed by atoms with Gasteiger partial charge in [-0.15, -0.1) is 0 Å². The van der Waals surface area contributed by atoms with E-state index in [2.05, 4.69) is 39.9 Å². The SMILES string of the molecule is CCC(CC)C(O)CNC(CC)C(C)C. The van der Waals surface area contributed by atoms with Gasteiger partial charge in [-0.05, 0) is 18.3 Å². The monoisotopic (exact) mass is 215 g/mol. The van der Waals surface area contributed by atoms with Crippen molar-refractivity contribution in [1.29, 1.82) is 0 Å². The molecular weight excluding hydrogens is 186 g/mol. The third-order valence-corrected chi connectivity index (χ3v) is 3.43. The molecule has 0 heterocycles. The zero-order chi connectivity index (χ0) is 11.8. The number of rotatable bonds is 8. The van der Waals surface area contributed by atoms with Crippen LogP contribution in [0.2, 0.25) is 0 Å².